The zero-order chi connectivity index (χ0) is 17.7. The Morgan fingerprint density at radius 2 is 1.80 bits per heavy atom. The summed E-state index contributed by atoms with van der Waals surface area (Å²) in [7, 11) is -1.68. The Morgan fingerprint density at radius 1 is 1.08 bits per heavy atom. The van der Waals surface area contributed by atoms with Crippen molar-refractivity contribution in [2.24, 2.45) is 0 Å². The van der Waals surface area contributed by atoms with Gasteiger partial charge in [0.15, 0.2) is 0 Å². The minimum atomic E-state index is -3.28. The van der Waals surface area contributed by atoms with Crippen molar-refractivity contribution in [2.75, 3.05) is 43.9 Å². The summed E-state index contributed by atoms with van der Waals surface area (Å²) in [6.45, 7) is 2.11. The Kier molecular flexibility index (Phi) is 5.50. The molecule has 0 saturated carbocycles. The van der Waals surface area contributed by atoms with E-state index in [4.69, 9.17) is 4.74 Å². The largest absolute Gasteiger partial charge is 0.497 e. The van der Waals surface area contributed by atoms with Gasteiger partial charge in [-0.05, 0) is 30.2 Å². The molecule has 134 valence electrons. The van der Waals surface area contributed by atoms with E-state index in [0.29, 0.717) is 38.5 Å². The number of aromatic nitrogens is 2. The maximum absolute atomic E-state index is 12.6. The third-order valence-corrected chi connectivity index (χ3v) is 6.12. The van der Waals surface area contributed by atoms with Crippen LogP contribution in [0.4, 0.5) is 5.95 Å². The molecule has 0 unspecified atom stereocenters. The van der Waals surface area contributed by atoms with Crippen molar-refractivity contribution in [3.8, 4) is 5.75 Å². The summed E-state index contributed by atoms with van der Waals surface area (Å²) in [5.41, 5.74) is 0.958. The highest BCUT2D eigenvalue weighted by Crippen LogP contribution is 2.16. The molecule has 8 heteroatoms. The number of ether oxygens (including phenoxy) is 1. The van der Waals surface area contributed by atoms with E-state index < -0.39 is 10.0 Å². The first-order chi connectivity index (χ1) is 12.1. The van der Waals surface area contributed by atoms with Crippen molar-refractivity contribution in [3.05, 3.63) is 48.3 Å². The molecule has 1 aromatic carbocycles. The van der Waals surface area contributed by atoms with E-state index in [9.17, 15) is 8.42 Å². The van der Waals surface area contributed by atoms with E-state index in [1.807, 2.05) is 29.2 Å². The number of anilines is 1. The van der Waals surface area contributed by atoms with Crippen LogP contribution in [0.25, 0.3) is 0 Å². The van der Waals surface area contributed by atoms with Crippen LogP contribution in [0.1, 0.15) is 5.56 Å². The topological polar surface area (TPSA) is 75.6 Å². The Hall–Kier alpha value is -2.19. The molecule has 0 aliphatic carbocycles. The highest BCUT2D eigenvalue weighted by Gasteiger charge is 2.27. The van der Waals surface area contributed by atoms with Gasteiger partial charge in [-0.15, -0.1) is 0 Å². The van der Waals surface area contributed by atoms with Crippen LogP contribution in [0, 0.1) is 0 Å². The number of rotatable bonds is 6. The summed E-state index contributed by atoms with van der Waals surface area (Å²) in [6.07, 6.45) is 3.86. The van der Waals surface area contributed by atoms with Gasteiger partial charge in [-0.1, -0.05) is 12.1 Å². The van der Waals surface area contributed by atoms with Gasteiger partial charge in [-0.25, -0.2) is 18.4 Å². The third kappa shape index (κ3) is 4.46. The van der Waals surface area contributed by atoms with Crippen molar-refractivity contribution >= 4 is 16.0 Å². The quantitative estimate of drug-likeness (QED) is 0.768. The molecule has 0 spiro atoms. The van der Waals surface area contributed by atoms with E-state index >= 15 is 0 Å². The van der Waals surface area contributed by atoms with Crippen molar-refractivity contribution in [1.82, 2.24) is 14.3 Å². The summed E-state index contributed by atoms with van der Waals surface area (Å²) >= 11 is 0. The van der Waals surface area contributed by atoms with Crippen LogP contribution in [0.3, 0.4) is 0 Å². The lowest BCUT2D eigenvalue weighted by Gasteiger charge is -2.33. The SMILES string of the molecule is COc1cccc(CCS(=O)(=O)N2CCN(c3ncccn3)CC2)c1. The molecule has 1 aliphatic heterocycles. The molecule has 1 aromatic heterocycles. The van der Waals surface area contributed by atoms with Crippen molar-refractivity contribution in [2.45, 2.75) is 6.42 Å². The molecule has 1 saturated heterocycles. The van der Waals surface area contributed by atoms with Crippen LogP contribution < -0.4 is 9.64 Å². The van der Waals surface area contributed by atoms with Crippen LogP contribution in [0.2, 0.25) is 0 Å². The number of piperazine rings is 1. The van der Waals surface area contributed by atoms with Gasteiger partial charge in [0.2, 0.25) is 16.0 Å². The first-order valence-electron chi connectivity index (χ1n) is 8.21. The van der Waals surface area contributed by atoms with Gasteiger partial charge in [0.25, 0.3) is 0 Å². The molecule has 1 aliphatic rings. The second kappa shape index (κ2) is 7.79. The molecule has 0 amide bonds. The Labute approximate surface area is 148 Å². The smallest absolute Gasteiger partial charge is 0.225 e. The predicted octanol–water partition coefficient (Wildman–Crippen LogP) is 1.18. The molecular formula is C17H22N4O3S. The van der Waals surface area contributed by atoms with Crippen LogP contribution in [0.5, 0.6) is 5.75 Å². The average Bonchev–Trinajstić information content (AvgIpc) is 2.67. The van der Waals surface area contributed by atoms with Gasteiger partial charge in [0.1, 0.15) is 5.75 Å². The molecule has 25 heavy (non-hydrogen) atoms. The maximum Gasteiger partial charge on any atom is 0.225 e. The van der Waals surface area contributed by atoms with E-state index in [1.165, 1.54) is 0 Å². The lowest BCUT2D eigenvalue weighted by atomic mass is 10.2. The van der Waals surface area contributed by atoms with Crippen molar-refractivity contribution in [3.63, 3.8) is 0 Å². The maximum atomic E-state index is 12.6. The number of sulfonamides is 1. The lowest BCUT2D eigenvalue weighted by molar-refractivity contribution is 0.382. The number of methoxy groups -OCH3 is 1. The summed E-state index contributed by atoms with van der Waals surface area (Å²) in [5.74, 6) is 1.49. The number of aryl methyl sites for hydroxylation is 1. The van der Waals surface area contributed by atoms with Gasteiger partial charge >= 0.3 is 0 Å². The van der Waals surface area contributed by atoms with E-state index in [-0.39, 0.29) is 5.75 Å². The summed E-state index contributed by atoms with van der Waals surface area (Å²) in [6, 6.07) is 9.29. The second-order valence-electron chi connectivity index (χ2n) is 5.85. The Morgan fingerprint density at radius 3 is 2.48 bits per heavy atom. The summed E-state index contributed by atoms with van der Waals surface area (Å²) < 4.78 is 31.9. The van der Waals surface area contributed by atoms with Crippen LogP contribution in [0.15, 0.2) is 42.7 Å². The molecule has 0 bridgehead atoms. The van der Waals surface area contributed by atoms with Gasteiger partial charge < -0.3 is 9.64 Å². The fourth-order valence-corrected chi connectivity index (χ4v) is 4.30. The van der Waals surface area contributed by atoms with Gasteiger partial charge in [0.05, 0.1) is 12.9 Å². The average molecular weight is 362 g/mol. The number of nitrogens with zero attached hydrogens (tertiary/aromatic N) is 4. The molecule has 0 N–H and O–H groups in total. The van der Waals surface area contributed by atoms with Crippen molar-refractivity contribution in [1.29, 1.82) is 0 Å². The fourth-order valence-electron chi connectivity index (χ4n) is 2.82. The standard InChI is InChI=1S/C17H22N4O3S/c1-24-16-5-2-4-15(14-16)6-13-25(22,23)21-11-9-20(10-12-21)17-18-7-3-8-19-17/h2-5,7-8,14H,6,9-13H2,1H3. The molecule has 2 heterocycles. The monoisotopic (exact) mass is 362 g/mol. The molecule has 3 rings (SSSR count). The van der Waals surface area contributed by atoms with E-state index in [0.717, 1.165) is 11.3 Å². The first kappa shape index (κ1) is 17.6. The lowest BCUT2D eigenvalue weighted by Crippen LogP contribution is -2.49. The van der Waals surface area contributed by atoms with Gasteiger partial charge in [-0.3, -0.25) is 0 Å². The van der Waals surface area contributed by atoms with Gasteiger partial charge in [0, 0.05) is 38.6 Å². The Bertz CT molecular complexity index is 791. The highest BCUT2D eigenvalue weighted by molar-refractivity contribution is 7.89. The van der Waals surface area contributed by atoms with Crippen molar-refractivity contribution < 1.29 is 13.2 Å². The molecule has 7 nitrogen and oxygen atoms in total. The summed E-state index contributed by atoms with van der Waals surface area (Å²) in [4.78, 5) is 10.4. The first-order valence-corrected chi connectivity index (χ1v) is 9.82. The van der Waals surface area contributed by atoms with Crippen LogP contribution in [-0.2, 0) is 16.4 Å². The minimum absolute atomic E-state index is 0.0992. The zero-order valence-corrected chi connectivity index (χ0v) is 15.0. The molecule has 1 fully saturated rings. The molecule has 2 aromatic rings. The molecular weight excluding hydrogens is 340 g/mol. The van der Waals surface area contributed by atoms with E-state index in [1.54, 1.807) is 29.9 Å². The summed E-state index contributed by atoms with van der Waals surface area (Å²) in [5, 5.41) is 0. The van der Waals surface area contributed by atoms with E-state index in [2.05, 4.69) is 9.97 Å². The zero-order valence-electron chi connectivity index (χ0n) is 14.2. The number of hydrogen-bond donors (Lipinski definition) is 0. The normalized spacial score (nSPS) is 16.0. The number of benzene rings is 1. The molecule has 0 atom stereocenters. The second-order valence-corrected chi connectivity index (χ2v) is 7.94. The highest BCUT2D eigenvalue weighted by atomic mass is 32.2. The number of hydrogen-bond acceptors (Lipinski definition) is 6. The predicted molar refractivity (Wildman–Crippen MR) is 96.3 cm³/mol. The third-order valence-electron chi connectivity index (χ3n) is 4.25. The van der Waals surface area contributed by atoms with Crippen LogP contribution >= 0.6 is 0 Å². The van der Waals surface area contributed by atoms with Crippen LogP contribution in [-0.4, -0.2) is 61.7 Å². The fraction of sp³-hybridized carbons (Fsp3) is 0.412. The van der Waals surface area contributed by atoms with Gasteiger partial charge in [-0.2, -0.15) is 4.31 Å². The minimum Gasteiger partial charge on any atom is -0.497 e. The molecule has 0 radical (unpaired) electrons. The Balaban J connectivity index is 1.56.